The predicted octanol–water partition coefficient (Wildman–Crippen LogP) is 4.80. The summed E-state index contributed by atoms with van der Waals surface area (Å²) < 4.78 is 36.0. The third-order valence-electron chi connectivity index (χ3n) is 7.46. The smallest absolute Gasteiger partial charge is 0.295 e. The average Bonchev–Trinajstić information content (AvgIpc) is 3.33. The summed E-state index contributed by atoms with van der Waals surface area (Å²) in [6, 6.07) is 16.8. The summed E-state index contributed by atoms with van der Waals surface area (Å²) in [7, 11) is -4.09. The molecule has 0 unspecified atom stereocenters. The van der Waals surface area contributed by atoms with E-state index >= 15 is 0 Å². The average molecular weight is 615 g/mol. The number of hydrogen-bond donors (Lipinski definition) is 2. The number of ether oxygens (including phenoxy) is 1. The van der Waals surface area contributed by atoms with Crippen LogP contribution < -0.4 is 15.0 Å². The minimum absolute atomic E-state index is 0.0262. The normalized spacial score (nSPS) is 14.0. The Morgan fingerprint density at radius 2 is 1.77 bits per heavy atom. The van der Waals surface area contributed by atoms with Crippen molar-refractivity contribution in [1.29, 1.82) is 0 Å². The summed E-state index contributed by atoms with van der Waals surface area (Å²) in [6.07, 6.45) is 1.51. The molecule has 1 aliphatic rings. The van der Waals surface area contributed by atoms with Crippen LogP contribution in [-0.4, -0.2) is 60.5 Å². The second-order valence-electron chi connectivity index (χ2n) is 10.5. The molecule has 0 atom stereocenters. The quantitative estimate of drug-likeness (QED) is 0.142. The fraction of sp³-hybridized carbons (Fsp3) is 0.233. The maximum Gasteiger partial charge on any atom is 0.295 e. The van der Waals surface area contributed by atoms with Crippen molar-refractivity contribution in [2.75, 3.05) is 41.4 Å². The fourth-order valence-electron chi connectivity index (χ4n) is 5.20. The van der Waals surface area contributed by atoms with Crippen LogP contribution in [0, 0.1) is 30.9 Å². The first-order valence-corrected chi connectivity index (χ1v) is 15.4. The molecule has 44 heavy (non-hydrogen) atoms. The third kappa shape index (κ3) is 5.52. The van der Waals surface area contributed by atoms with Gasteiger partial charge in [-0.25, -0.2) is 17.9 Å². The Bertz CT molecular complexity index is 2050. The van der Waals surface area contributed by atoms with E-state index in [2.05, 4.69) is 20.1 Å². The van der Waals surface area contributed by atoms with Gasteiger partial charge in [-0.1, -0.05) is 29.8 Å². The molecule has 6 rings (SSSR count). The number of benzene rings is 3. The molecule has 0 radical (unpaired) electrons. The fourth-order valence-corrected chi connectivity index (χ4v) is 6.35. The van der Waals surface area contributed by atoms with Gasteiger partial charge in [-0.2, -0.15) is 10.2 Å². The Balaban J connectivity index is 1.31. The van der Waals surface area contributed by atoms with E-state index in [9.17, 15) is 18.5 Å². The van der Waals surface area contributed by atoms with Crippen molar-refractivity contribution in [3.8, 4) is 0 Å². The van der Waals surface area contributed by atoms with Crippen LogP contribution in [0.1, 0.15) is 22.4 Å². The van der Waals surface area contributed by atoms with Crippen LogP contribution in [0.2, 0.25) is 0 Å². The number of anilines is 3. The lowest BCUT2D eigenvalue weighted by Crippen LogP contribution is -2.37. The van der Waals surface area contributed by atoms with Crippen molar-refractivity contribution >= 4 is 55.7 Å². The maximum absolute atomic E-state index is 13.1. The zero-order valence-corrected chi connectivity index (χ0v) is 25.1. The van der Waals surface area contributed by atoms with Gasteiger partial charge in [0.2, 0.25) is 0 Å². The van der Waals surface area contributed by atoms with Crippen LogP contribution in [0.15, 0.2) is 70.7 Å². The Kier molecular flexibility index (Phi) is 7.61. The van der Waals surface area contributed by atoms with Gasteiger partial charge >= 0.3 is 0 Å². The lowest BCUT2D eigenvalue weighted by Gasteiger charge is -2.28. The van der Waals surface area contributed by atoms with Crippen LogP contribution in [-0.2, 0) is 14.8 Å². The van der Waals surface area contributed by atoms with E-state index in [1.807, 2.05) is 44.2 Å². The second-order valence-corrected chi connectivity index (χ2v) is 12.2. The number of aromatic nitrogens is 3. The molecule has 1 aliphatic heterocycles. The molecule has 0 spiro atoms. The number of sulfonamides is 1. The second kappa shape index (κ2) is 11.5. The van der Waals surface area contributed by atoms with Crippen LogP contribution in [0.4, 0.5) is 22.9 Å². The number of nitro groups is 1. The van der Waals surface area contributed by atoms with Crippen molar-refractivity contribution in [1.82, 2.24) is 14.6 Å². The van der Waals surface area contributed by atoms with Crippen molar-refractivity contribution in [2.24, 2.45) is 5.10 Å². The van der Waals surface area contributed by atoms with E-state index in [-0.39, 0.29) is 10.6 Å². The van der Waals surface area contributed by atoms with Crippen molar-refractivity contribution < 1.29 is 18.1 Å². The standard InChI is InChI=1S/C30H30N8O5S/c1-19-8-10-25(20(2)16-19)35-44(41,42)22-9-11-26(28(17-22)38(39)40)33-31-18-24-21(3)34-37-27-7-5-4-6-23(27)29(32-30(24)37)36-12-14-43-15-13-36/h4-11,16-18,33,35H,12-15H2,1-3H3/b31-18+. The Morgan fingerprint density at radius 1 is 1.02 bits per heavy atom. The van der Waals surface area contributed by atoms with E-state index < -0.39 is 20.6 Å². The molecule has 3 heterocycles. The number of hydrogen-bond acceptors (Lipinski definition) is 10. The van der Waals surface area contributed by atoms with E-state index in [4.69, 9.17) is 14.8 Å². The molecule has 0 aliphatic carbocycles. The number of nitrogens with one attached hydrogen (secondary N) is 2. The predicted molar refractivity (Wildman–Crippen MR) is 169 cm³/mol. The van der Waals surface area contributed by atoms with E-state index in [0.29, 0.717) is 48.9 Å². The van der Waals surface area contributed by atoms with Crippen LogP contribution in [0.3, 0.4) is 0 Å². The van der Waals surface area contributed by atoms with Crippen LogP contribution in [0.25, 0.3) is 16.6 Å². The van der Waals surface area contributed by atoms with Gasteiger partial charge in [0.15, 0.2) is 5.65 Å². The van der Waals surface area contributed by atoms with E-state index in [1.165, 1.54) is 18.3 Å². The lowest BCUT2D eigenvalue weighted by molar-refractivity contribution is -0.384. The third-order valence-corrected chi connectivity index (χ3v) is 8.82. The lowest BCUT2D eigenvalue weighted by atomic mass is 10.1. The van der Waals surface area contributed by atoms with E-state index in [1.54, 1.807) is 23.6 Å². The number of morpholine rings is 1. The van der Waals surface area contributed by atoms with Crippen molar-refractivity contribution in [2.45, 2.75) is 25.7 Å². The Hall–Kier alpha value is -5.08. The highest BCUT2D eigenvalue weighted by atomic mass is 32.2. The summed E-state index contributed by atoms with van der Waals surface area (Å²) in [5.74, 6) is 0.820. The molecule has 2 N–H and O–H groups in total. The highest BCUT2D eigenvalue weighted by Gasteiger charge is 2.23. The molecular formula is C30H30N8O5S. The first-order chi connectivity index (χ1) is 21.1. The molecule has 14 heteroatoms. The van der Waals surface area contributed by atoms with Crippen molar-refractivity contribution in [3.05, 3.63) is 93.2 Å². The first kappa shape index (κ1) is 29.0. The minimum atomic E-state index is -4.09. The van der Waals surface area contributed by atoms with Gasteiger partial charge in [0.25, 0.3) is 15.7 Å². The molecule has 0 bridgehead atoms. The molecule has 0 saturated carbocycles. The monoisotopic (exact) mass is 614 g/mol. The Labute approximate surface area is 253 Å². The summed E-state index contributed by atoms with van der Waals surface area (Å²) in [5, 5.41) is 21.9. The molecule has 5 aromatic rings. The number of aryl methyl sites for hydroxylation is 3. The molecule has 226 valence electrons. The van der Waals surface area contributed by atoms with Crippen LogP contribution in [0.5, 0.6) is 0 Å². The molecule has 1 fully saturated rings. The summed E-state index contributed by atoms with van der Waals surface area (Å²) >= 11 is 0. The maximum atomic E-state index is 13.1. The zero-order chi connectivity index (χ0) is 31.0. The summed E-state index contributed by atoms with van der Waals surface area (Å²) in [4.78, 5) is 18.2. The number of rotatable bonds is 8. The van der Waals surface area contributed by atoms with Gasteiger partial charge in [-0.15, -0.1) is 0 Å². The SMILES string of the molecule is Cc1ccc(NS(=O)(=O)c2ccc(N/N=C/c3c(C)nn4c3nc(N3CCOCC3)c3ccccc34)c([N+](=O)[O-])c2)c(C)c1. The zero-order valence-electron chi connectivity index (χ0n) is 24.3. The molecular weight excluding hydrogens is 584 g/mol. The Morgan fingerprint density at radius 3 is 2.52 bits per heavy atom. The number of hydrazone groups is 1. The van der Waals surface area contributed by atoms with E-state index in [0.717, 1.165) is 33.9 Å². The minimum Gasteiger partial charge on any atom is -0.378 e. The van der Waals surface area contributed by atoms with Gasteiger partial charge in [0.05, 0.1) is 51.7 Å². The highest BCUT2D eigenvalue weighted by molar-refractivity contribution is 7.92. The van der Waals surface area contributed by atoms with Gasteiger partial charge in [0, 0.05) is 24.5 Å². The molecule has 13 nitrogen and oxygen atoms in total. The van der Waals surface area contributed by atoms with Gasteiger partial charge in [0.1, 0.15) is 11.5 Å². The summed E-state index contributed by atoms with van der Waals surface area (Å²) in [6.45, 7) is 8.16. The molecule has 0 amide bonds. The number of para-hydroxylation sites is 1. The van der Waals surface area contributed by atoms with Gasteiger partial charge in [-0.05, 0) is 56.7 Å². The van der Waals surface area contributed by atoms with Crippen LogP contribution >= 0.6 is 0 Å². The number of nitro benzene ring substituents is 1. The molecule has 2 aromatic heterocycles. The van der Waals surface area contributed by atoms with Gasteiger partial charge < -0.3 is 9.64 Å². The molecule has 1 saturated heterocycles. The summed E-state index contributed by atoms with van der Waals surface area (Å²) in [5.41, 5.74) is 7.18. The molecule has 3 aromatic carbocycles. The largest absolute Gasteiger partial charge is 0.378 e. The first-order valence-electron chi connectivity index (χ1n) is 13.9. The topological polar surface area (TPSA) is 156 Å². The van der Waals surface area contributed by atoms with Gasteiger partial charge in [-0.3, -0.25) is 20.3 Å². The highest BCUT2D eigenvalue weighted by Crippen LogP contribution is 2.31. The number of fused-ring (bicyclic) bond motifs is 3. The number of nitrogens with zero attached hydrogens (tertiary/aromatic N) is 6. The van der Waals surface area contributed by atoms with Crippen molar-refractivity contribution in [3.63, 3.8) is 0 Å².